The summed E-state index contributed by atoms with van der Waals surface area (Å²) in [4.78, 5) is 11.9. The van der Waals surface area contributed by atoms with Crippen LogP contribution in [0.1, 0.15) is 24.1 Å². The van der Waals surface area contributed by atoms with Crippen molar-refractivity contribution < 1.29 is 13.9 Å². The molecular formula is C17H19FN2O2. The minimum Gasteiger partial charge on any atom is -0.497 e. The second-order valence-electron chi connectivity index (χ2n) is 4.95. The van der Waals surface area contributed by atoms with E-state index in [0.717, 1.165) is 11.3 Å². The van der Waals surface area contributed by atoms with Gasteiger partial charge in [-0.15, -0.1) is 0 Å². The van der Waals surface area contributed by atoms with Crippen LogP contribution in [0.15, 0.2) is 48.5 Å². The van der Waals surface area contributed by atoms with E-state index in [4.69, 9.17) is 4.74 Å². The normalized spacial score (nSPS) is 11.6. The molecule has 1 unspecified atom stereocenters. The molecule has 0 aliphatic heterocycles. The van der Waals surface area contributed by atoms with Crippen molar-refractivity contribution in [2.75, 3.05) is 7.11 Å². The van der Waals surface area contributed by atoms with Gasteiger partial charge in [0.2, 0.25) is 0 Å². The maximum absolute atomic E-state index is 13.0. The molecule has 22 heavy (non-hydrogen) atoms. The fraction of sp³-hybridized carbons (Fsp3) is 0.235. The first kappa shape index (κ1) is 15.8. The largest absolute Gasteiger partial charge is 0.497 e. The van der Waals surface area contributed by atoms with Gasteiger partial charge in [-0.25, -0.2) is 9.18 Å². The summed E-state index contributed by atoms with van der Waals surface area (Å²) >= 11 is 0. The summed E-state index contributed by atoms with van der Waals surface area (Å²) in [6.07, 6.45) is 0. The summed E-state index contributed by atoms with van der Waals surface area (Å²) in [7, 11) is 1.61. The van der Waals surface area contributed by atoms with Crippen LogP contribution in [-0.4, -0.2) is 13.1 Å². The standard InChI is InChI=1S/C17H19FN2O2/c1-12(14-6-8-16(22-2)9-7-14)20-17(21)19-11-13-4-3-5-15(18)10-13/h3-10,12H,11H2,1-2H3,(H2,19,20,21). The number of halogens is 1. The predicted molar refractivity (Wildman–Crippen MR) is 83.2 cm³/mol. The average molecular weight is 302 g/mol. The molecule has 2 aromatic carbocycles. The van der Waals surface area contributed by atoms with Crippen LogP contribution in [-0.2, 0) is 6.54 Å². The maximum atomic E-state index is 13.0. The molecule has 0 fully saturated rings. The van der Waals surface area contributed by atoms with E-state index in [-0.39, 0.29) is 24.4 Å². The molecule has 0 saturated heterocycles. The number of hydrogen-bond acceptors (Lipinski definition) is 2. The van der Waals surface area contributed by atoms with E-state index >= 15 is 0 Å². The molecule has 4 nitrogen and oxygen atoms in total. The molecule has 2 rings (SSSR count). The number of rotatable bonds is 5. The Labute approximate surface area is 129 Å². The number of ether oxygens (including phenoxy) is 1. The van der Waals surface area contributed by atoms with Gasteiger partial charge in [0.05, 0.1) is 13.2 Å². The van der Waals surface area contributed by atoms with E-state index < -0.39 is 0 Å². The summed E-state index contributed by atoms with van der Waals surface area (Å²) in [6, 6.07) is 13.2. The van der Waals surface area contributed by atoms with E-state index in [0.29, 0.717) is 5.56 Å². The van der Waals surface area contributed by atoms with Gasteiger partial charge in [0.15, 0.2) is 0 Å². The highest BCUT2D eigenvalue weighted by Gasteiger charge is 2.09. The van der Waals surface area contributed by atoms with Crippen molar-refractivity contribution >= 4 is 6.03 Å². The van der Waals surface area contributed by atoms with Gasteiger partial charge in [0, 0.05) is 6.54 Å². The quantitative estimate of drug-likeness (QED) is 0.889. The molecule has 1 atom stereocenters. The zero-order chi connectivity index (χ0) is 15.9. The van der Waals surface area contributed by atoms with Crippen LogP contribution in [0, 0.1) is 5.82 Å². The fourth-order valence-corrected chi connectivity index (χ4v) is 2.05. The Bertz CT molecular complexity index is 629. The van der Waals surface area contributed by atoms with Crippen LogP contribution in [0.2, 0.25) is 0 Å². The second kappa shape index (κ2) is 7.45. The van der Waals surface area contributed by atoms with Gasteiger partial charge < -0.3 is 15.4 Å². The highest BCUT2D eigenvalue weighted by Crippen LogP contribution is 2.17. The van der Waals surface area contributed by atoms with Gasteiger partial charge >= 0.3 is 6.03 Å². The Morgan fingerprint density at radius 1 is 1.23 bits per heavy atom. The molecule has 0 bridgehead atoms. The van der Waals surface area contributed by atoms with E-state index in [2.05, 4.69) is 10.6 Å². The zero-order valence-electron chi connectivity index (χ0n) is 12.6. The fourth-order valence-electron chi connectivity index (χ4n) is 2.05. The summed E-state index contributed by atoms with van der Waals surface area (Å²) in [6.45, 7) is 2.17. The Balaban J connectivity index is 1.85. The minimum atomic E-state index is -0.314. The van der Waals surface area contributed by atoms with Gasteiger partial charge in [-0.2, -0.15) is 0 Å². The maximum Gasteiger partial charge on any atom is 0.315 e. The monoisotopic (exact) mass is 302 g/mol. The van der Waals surface area contributed by atoms with Gasteiger partial charge in [-0.05, 0) is 42.3 Å². The lowest BCUT2D eigenvalue weighted by molar-refractivity contribution is 0.237. The Hall–Kier alpha value is -2.56. The number of hydrogen-bond donors (Lipinski definition) is 2. The lowest BCUT2D eigenvalue weighted by Gasteiger charge is -2.15. The summed E-state index contributed by atoms with van der Waals surface area (Å²) in [5.74, 6) is 0.456. The van der Waals surface area contributed by atoms with Gasteiger partial charge in [0.1, 0.15) is 11.6 Å². The van der Waals surface area contributed by atoms with Crippen molar-refractivity contribution in [3.05, 3.63) is 65.5 Å². The first-order valence-corrected chi connectivity index (χ1v) is 7.01. The Morgan fingerprint density at radius 2 is 1.95 bits per heavy atom. The SMILES string of the molecule is COc1ccc(C(C)NC(=O)NCc2cccc(F)c2)cc1. The van der Waals surface area contributed by atoms with Gasteiger partial charge in [-0.3, -0.25) is 0 Å². The van der Waals surface area contributed by atoms with E-state index in [1.807, 2.05) is 31.2 Å². The first-order valence-electron chi connectivity index (χ1n) is 7.01. The molecule has 0 heterocycles. The highest BCUT2D eigenvalue weighted by molar-refractivity contribution is 5.74. The molecule has 2 aromatic rings. The second-order valence-corrected chi connectivity index (χ2v) is 4.95. The molecule has 0 radical (unpaired) electrons. The molecule has 0 spiro atoms. The predicted octanol–water partition coefficient (Wildman–Crippen LogP) is 3.39. The molecule has 2 amide bonds. The van der Waals surface area contributed by atoms with Crippen LogP contribution in [0.25, 0.3) is 0 Å². The van der Waals surface area contributed by atoms with Crippen LogP contribution >= 0.6 is 0 Å². The van der Waals surface area contributed by atoms with E-state index in [1.165, 1.54) is 12.1 Å². The minimum absolute atomic E-state index is 0.140. The van der Waals surface area contributed by atoms with Crippen LogP contribution in [0.3, 0.4) is 0 Å². The van der Waals surface area contributed by atoms with Crippen LogP contribution < -0.4 is 15.4 Å². The van der Waals surface area contributed by atoms with Gasteiger partial charge in [0.25, 0.3) is 0 Å². The number of methoxy groups -OCH3 is 1. The Kier molecular flexibility index (Phi) is 5.36. The lowest BCUT2D eigenvalue weighted by atomic mass is 10.1. The highest BCUT2D eigenvalue weighted by atomic mass is 19.1. The third-order valence-corrected chi connectivity index (χ3v) is 3.31. The van der Waals surface area contributed by atoms with Crippen molar-refractivity contribution in [1.82, 2.24) is 10.6 Å². The number of urea groups is 1. The molecule has 0 saturated carbocycles. The third kappa shape index (κ3) is 4.48. The molecule has 0 aliphatic rings. The van der Waals surface area contributed by atoms with Crippen molar-refractivity contribution in [3.63, 3.8) is 0 Å². The topological polar surface area (TPSA) is 50.4 Å². The van der Waals surface area contributed by atoms with Crippen LogP contribution in [0.4, 0.5) is 9.18 Å². The number of carbonyl (C=O) groups is 1. The van der Waals surface area contributed by atoms with Crippen molar-refractivity contribution in [3.8, 4) is 5.75 Å². The van der Waals surface area contributed by atoms with Crippen molar-refractivity contribution in [2.24, 2.45) is 0 Å². The number of carbonyl (C=O) groups excluding carboxylic acids is 1. The summed E-state index contributed by atoms with van der Waals surface area (Å²) < 4.78 is 18.1. The molecular weight excluding hydrogens is 283 g/mol. The number of nitrogens with one attached hydrogen (secondary N) is 2. The van der Waals surface area contributed by atoms with E-state index in [1.54, 1.807) is 19.2 Å². The molecule has 0 aliphatic carbocycles. The van der Waals surface area contributed by atoms with Crippen molar-refractivity contribution in [1.29, 1.82) is 0 Å². The average Bonchev–Trinajstić information content (AvgIpc) is 2.53. The Morgan fingerprint density at radius 3 is 2.59 bits per heavy atom. The first-order chi connectivity index (χ1) is 10.6. The van der Waals surface area contributed by atoms with Crippen LogP contribution in [0.5, 0.6) is 5.75 Å². The lowest BCUT2D eigenvalue weighted by Crippen LogP contribution is -2.36. The summed E-state index contributed by atoms with van der Waals surface area (Å²) in [5.41, 5.74) is 1.69. The number of amides is 2. The number of benzene rings is 2. The molecule has 116 valence electrons. The third-order valence-electron chi connectivity index (χ3n) is 3.31. The molecule has 0 aromatic heterocycles. The zero-order valence-corrected chi connectivity index (χ0v) is 12.6. The van der Waals surface area contributed by atoms with Gasteiger partial charge in [-0.1, -0.05) is 24.3 Å². The summed E-state index contributed by atoms with van der Waals surface area (Å²) in [5, 5.41) is 5.54. The smallest absolute Gasteiger partial charge is 0.315 e. The van der Waals surface area contributed by atoms with Crippen molar-refractivity contribution in [2.45, 2.75) is 19.5 Å². The van der Waals surface area contributed by atoms with E-state index in [9.17, 15) is 9.18 Å². The molecule has 2 N–H and O–H groups in total. The molecule has 5 heteroatoms.